The molecule has 0 radical (unpaired) electrons. The molecule has 0 unspecified atom stereocenters. The van der Waals surface area contributed by atoms with E-state index in [1.165, 1.54) is 12.4 Å². The highest BCUT2D eigenvalue weighted by Crippen LogP contribution is 2.28. The maximum absolute atomic E-state index is 12.4. The molecular weight excluding hydrogens is 253 g/mol. The van der Waals surface area contributed by atoms with Gasteiger partial charge in [0.25, 0.3) is 0 Å². The fourth-order valence-electron chi connectivity index (χ4n) is 1.27. The first-order valence-electron chi connectivity index (χ1n) is 4.58. The van der Waals surface area contributed by atoms with Crippen molar-refractivity contribution in [3.63, 3.8) is 0 Å². The van der Waals surface area contributed by atoms with E-state index in [2.05, 4.69) is 15.2 Å². The minimum Gasteiger partial charge on any atom is -0.476 e. The van der Waals surface area contributed by atoms with Crippen molar-refractivity contribution in [1.82, 2.24) is 20.0 Å². The number of alkyl halides is 3. The maximum atomic E-state index is 12.4. The fraction of sp³-hybridized carbons (Fsp3) is 0.111. The Morgan fingerprint density at radius 1 is 1.22 bits per heavy atom. The lowest BCUT2D eigenvalue weighted by atomic mass is 10.2. The topological polar surface area (TPSA) is 80.9 Å². The SMILES string of the molecule is O=C(O)c1nc(C(F)(F)F)ccc1-n1nccn1. The standard InChI is InChI=1S/C9H5F3N4O2/c10-9(11,12)6-2-1-5(7(15-6)8(17)18)16-13-3-4-14-16/h1-4H,(H,17,18). The predicted molar refractivity (Wildman–Crippen MR) is 51.1 cm³/mol. The van der Waals surface area contributed by atoms with Crippen molar-refractivity contribution in [1.29, 1.82) is 0 Å². The minimum atomic E-state index is -4.71. The summed E-state index contributed by atoms with van der Waals surface area (Å²) in [7, 11) is 0. The number of carboxylic acid groups (broad SMARTS) is 1. The highest BCUT2D eigenvalue weighted by molar-refractivity contribution is 5.89. The summed E-state index contributed by atoms with van der Waals surface area (Å²) in [6.07, 6.45) is -2.17. The van der Waals surface area contributed by atoms with Crippen molar-refractivity contribution in [3.05, 3.63) is 35.9 Å². The molecule has 1 N–H and O–H groups in total. The number of carbonyl (C=O) groups is 1. The lowest BCUT2D eigenvalue weighted by Gasteiger charge is -2.09. The van der Waals surface area contributed by atoms with Gasteiger partial charge in [0.1, 0.15) is 11.4 Å². The predicted octanol–water partition coefficient (Wildman–Crippen LogP) is 1.38. The number of rotatable bonds is 2. The van der Waals surface area contributed by atoms with Gasteiger partial charge >= 0.3 is 12.1 Å². The van der Waals surface area contributed by atoms with Gasteiger partial charge < -0.3 is 5.11 Å². The van der Waals surface area contributed by atoms with Crippen molar-refractivity contribution in [2.24, 2.45) is 0 Å². The Hall–Kier alpha value is -2.45. The second-order valence-corrected chi connectivity index (χ2v) is 3.19. The Kier molecular flexibility index (Phi) is 2.73. The Bertz CT molecular complexity index is 580. The van der Waals surface area contributed by atoms with Crippen LogP contribution >= 0.6 is 0 Å². The summed E-state index contributed by atoms with van der Waals surface area (Å²) in [5.74, 6) is -1.59. The Balaban J connectivity index is 2.59. The van der Waals surface area contributed by atoms with Gasteiger partial charge in [-0.15, -0.1) is 4.80 Å². The van der Waals surface area contributed by atoms with Crippen LogP contribution in [0.2, 0.25) is 0 Å². The fourth-order valence-corrected chi connectivity index (χ4v) is 1.27. The summed E-state index contributed by atoms with van der Waals surface area (Å²) in [4.78, 5) is 14.9. The van der Waals surface area contributed by atoms with E-state index < -0.39 is 23.5 Å². The molecule has 0 aliphatic carbocycles. The first kappa shape index (κ1) is 12.0. The van der Waals surface area contributed by atoms with Crippen LogP contribution in [0.15, 0.2) is 24.5 Å². The number of hydrogen-bond donors (Lipinski definition) is 1. The van der Waals surface area contributed by atoms with E-state index >= 15 is 0 Å². The van der Waals surface area contributed by atoms with Crippen LogP contribution in [0.5, 0.6) is 0 Å². The van der Waals surface area contributed by atoms with Crippen LogP contribution in [0.1, 0.15) is 16.2 Å². The van der Waals surface area contributed by atoms with E-state index in [9.17, 15) is 18.0 Å². The van der Waals surface area contributed by atoms with Crippen molar-refractivity contribution >= 4 is 5.97 Å². The number of aromatic nitrogens is 4. The van der Waals surface area contributed by atoms with Crippen molar-refractivity contribution < 1.29 is 23.1 Å². The molecule has 0 aliphatic rings. The molecule has 2 aromatic heterocycles. The van der Waals surface area contributed by atoms with Gasteiger partial charge in [-0.2, -0.15) is 23.4 Å². The monoisotopic (exact) mass is 258 g/mol. The molecule has 18 heavy (non-hydrogen) atoms. The van der Waals surface area contributed by atoms with Crippen molar-refractivity contribution in [3.8, 4) is 5.69 Å². The lowest BCUT2D eigenvalue weighted by Crippen LogP contribution is -2.15. The van der Waals surface area contributed by atoms with Gasteiger partial charge in [-0.1, -0.05) is 0 Å². The van der Waals surface area contributed by atoms with Crippen LogP contribution in [0.25, 0.3) is 5.69 Å². The first-order valence-corrected chi connectivity index (χ1v) is 4.58. The Labute approximate surface area is 97.7 Å². The van der Waals surface area contributed by atoms with Gasteiger partial charge in [0.2, 0.25) is 0 Å². The van der Waals surface area contributed by atoms with E-state index in [0.29, 0.717) is 6.07 Å². The van der Waals surface area contributed by atoms with E-state index in [0.717, 1.165) is 10.9 Å². The molecule has 94 valence electrons. The van der Waals surface area contributed by atoms with Gasteiger partial charge in [-0.05, 0) is 12.1 Å². The normalized spacial score (nSPS) is 11.5. The van der Waals surface area contributed by atoms with Gasteiger partial charge in [-0.3, -0.25) is 0 Å². The highest BCUT2D eigenvalue weighted by Gasteiger charge is 2.34. The number of aromatic carboxylic acids is 1. The van der Waals surface area contributed by atoms with E-state index in [1.807, 2.05) is 0 Å². The number of pyridine rings is 1. The number of nitrogens with zero attached hydrogens (tertiary/aromatic N) is 4. The third kappa shape index (κ3) is 2.14. The second-order valence-electron chi connectivity index (χ2n) is 3.19. The average Bonchev–Trinajstić information content (AvgIpc) is 2.80. The molecule has 2 heterocycles. The summed E-state index contributed by atoms with van der Waals surface area (Å²) < 4.78 is 37.2. The van der Waals surface area contributed by atoms with Gasteiger partial charge in [0, 0.05) is 0 Å². The third-order valence-electron chi connectivity index (χ3n) is 2.00. The lowest BCUT2D eigenvalue weighted by molar-refractivity contribution is -0.141. The molecule has 6 nitrogen and oxygen atoms in total. The van der Waals surface area contributed by atoms with Gasteiger partial charge in [-0.25, -0.2) is 9.78 Å². The largest absolute Gasteiger partial charge is 0.476 e. The summed E-state index contributed by atoms with van der Waals surface area (Å²) in [6, 6.07) is 1.63. The molecule has 0 spiro atoms. The highest BCUT2D eigenvalue weighted by atomic mass is 19.4. The molecule has 0 bridgehead atoms. The molecule has 2 rings (SSSR count). The molecule has 0 saturated heterocycles. The zero-order chi connectivity index (χ0) is 13.3. The quantitative estimate of drug-likeness (QED) is 0.880. The molecular formula is C9H5F3N4O2. The number of carboxylic acids is 1. The van der Waals surface area contributed by atoms with E-state index in [1.54, 1.807) is 0 Å². The maximum Gasteiger partial charge on any atom is 0.433 e. The molecule has 9 heteroatoms. The summed E-state index contributed by atoms with van der Waals surface area (Å²) in [6.45, 7) is 0. The minimum absolute atomic E-state index is 0.138. The third-order valence-corrected chi connectivity index (χ3v) is 2.00. The molecule has 0 atom stereocenters. The van der Waals surface area contributed by atoms with Crippen LogP contribution in [-0.2, 0) is 6.18 Å². The second kappa shape index (κ2) is 4.09. The van der Waals surface area contributed by atoms with Crippen LogP contribution in [0.3, 0.4) is 0 Å². The average molecular weight is 258 g/mol. The first-order chi connectivity index (χ1) is 8.39. The molecule has 2 aromatic rings. The number of hydrogen-bond acceptors (Lipinski definition) is 4. The van der Waals surface area contributed by atoms with Crippen molar-refractivity contribution in [2.45, 2.75) is 6.18 Å². The van der Waals surface area contributed by atoms with E-state index in [-0.39, 0.29) is 5.69 Å². The molecule has 0 saturated carbocycles. The Morgan fingerprint density at radius 2 is 1.83 bits per heavy atom. The van der Waals surface area contributed by atoms with Crippen LogP contribution in [0.4, 0.5) is 13.2 Å². The molecule has 0 aliphatic heterocycles. The summed E-state index contributed by atoms with van der Waals surface area (Å²) in [5.41, 5.74) is -2.18. The zero-order valence-corrected chi connectivity index (χ0v) is 8.59. The molecule has 0 amide bonds. The zero-order valence-electron chi connectivity index (χ0n) is 8.59. The van der Waals surface area contributed by atoms with Gasteiger partial charge in [0.05, 0.1) is 12.4 Å². The van der Waals surface area contributed by atoms with E-state index in [4.69, 9.17) is 5.11 Å². The van der Waals surface area contributed by atoms with Gasteiger partial charge in [0.15, 0.2) is 5.69 Å². The Morgan fingerprint density at radius 3 is 2.33 bits per heavy atom. The molecule has 0 fully saturated rings. The van der Waals surface area contributed by atoms with Crippen molar-refractivity contribution in [2.75, 3.05) is 0 Å². The van der Waals surface area contributed by atoms with Crippen LogP contribution < -0.4 is 0 Å². The smallest absolute Gasteiger partial charge is 0.433 e. The van der Waals surface area contributed by atoms with Crippen LogP contribution in [0, 0.1) is 0 Å². The number of halogens is 3. The molecule has 0 aromatic carbocycles. The summed E-state index contributed by atoms with van der Waals surface area (Å²) in [5, 5.41) is 16.1. The van der Waals surface area contributed by atoms with Crippen LogP contribution in [-0.4, -0.2) is 31.1 Å². The summed E-state index contributed by atoms with van der Waals surface area (Å²) >= 11 is 0.